The van der Waals surface area contributed by atoms with E-state index in [9.17, 15) is 4.79 Å². The van der Waals surface area contributed by atoms with Crippen molar-refractivity contribution in [2.45, 2.75) is 13.3 Å². The van der Waals surface area contributed by atoms with Crippen LogP contribution in [0.25, 0.3) is 0 Å². The van der Waals surface area contributed by atoms with E-state index in [0.29, 0.717) is 11.3 Å². The van der Waals surface area contributed by atoms with Crippen LogP contribution in [-0.4, -0.2) is 31.4 Å². The van der Waals surface area contributed by atoms with E-state index in [1.54, 1.807) is 6.07 Å². The minimum Gasteiger partial charge on any atom is -0.398 e. The first-order valence-electron chi connectivity index (χ1n) is 5.66. The van der Waals surface area contributed by atoms with Crippen molar-refractivity contribution in [1.82, 2.24) is 0 Å². The van der Waals surface area contributed by atoms with Crippen LogP contribution in [0.3, 0.4) is 0 Å². The van der Waals surface area contributed by atoms with Gasteiger partial charge in [-0.2, -0.15) is 11.8 Å². The summed E-state index contributed by atoms with van der Waals surface area (Å²) in [5, 5.41) is 0. The number of nitrogen functional groups attached to an aromatic ring is 1. The van der Waals surface area contributed by atoms with Crippen LogP contribution in [0.1, 0.15) is 23.7 Å². The van der Waals surface area contributed by atoms with Crippen molar-refractivity contribution >= 4 is 28.9 Å². The van der Waals surface area contributed by atoms with Gasteiger partial charge in [0.15, 0.2) is 5.78 Å². The average Bonchev–Trinajstić information content (AvgIpc) is 2.28. The van der Waals surface area contributed by atoms with E-state index >= 15 is 0 Å². The molecule has 0 aliphatic carbocycles. The summed E-state index contributed by atoms with van der Waals surface area (Å²) < 4.78 is 0. The molecule has 0 fully saturated rings. The smallest absolute Gasteiger partial charge is 0.161 e. The maximum atomic E-state index is 11.3. The molecular weight excluding hydrogens is 232 g/mol. The Kier molecular flexibility index (Phi) is 5.35. The Morgan fingerprint density at radius 1 is 1.47 bits per heavy atom. The van der Waals surface area contributed by atoms with Crippen LogP contribution in [0.15, 0.2) is 18.2 Å². The zero-order valence-corrected chi connectivity index (χ0v) is 11.5. The number of Topliss-reactive ketones (excluding diaryl/α,β-unsaturated/α-hetero) is 1. The molecule has 0 radical (unpaired) electrons. The van der Waals surface area contributed by atoms with Gasteiger partial charge >= 0.3 is 0 Å². The predicted octanol–water partition coefficient (Wildman–Crippen LogP) is 2.66. The summed E-state index contributed by atoms with van der Waals surface area (Å²) in [6.07, 6.45) is 3.26. The summed E-state index contributed by atoms with van der Waals surface area (Å²) in [5.41, 5.74) is 8.09. The van der Waals surface area contributed by atoms with Crippen LogP contribution >= 0.6 is 11.8 Å². The molecule has 17 heavy (non-hydrogen) atoms. The summed E-state index contributed by atoms with van der Waals surface area (Å²) in [6.45, 7) is 2.53. The highest BCUT2D eigenvalue weighted by molar-refractivity contribution is 7.98. The van der Waals surface area contributed by atoms with Crippen LogP contribution < -0.4 is 10.6 Å². The highest BCUT2D eigenvalue weighted by Crippen LogP contribution is 2.21. The summed E-state index contributed by atoms with van der Waals surface area (Å²) in [5.74, 6) is 1.17. The molecule has 1 rings (SSSR count). The van der Waals surface area contributed by atoms with Crippen LogP contribution in [0.2, 0.25) is 0 Å². The van der Waals surface area contributed by atoms with Gasteiger partial charge in [0.2, 0.25) is 0 Å². The Labute approximate surface area is 107 Å². The third kappa shape index (κ3) is 3.97. The van der Waals surface area contributed by atoms with Crippen LogP contribution in [0, 0.1) is 0 Å². The first-order valence-corrected chi connectivity index (χ1v) is 7.06. The van der Waals surface area contributed by atoms with Crippen LogP contribution in [-0.2, 0) is 0 Å². The topological polar surface area (TPSA) is 46.3 Å². The van der Waals surface area contributed by atoms with Gasteiger partial charge in [-0.3, -0.25) is 4.79 Å². The SMILES string of the molecule is CSCCCN(C)c1ccc(C(C)=O)c(N)c1. The van der Waals surface area contributed by atoms with Crippen molar-refractivity contribution in [2.75, 3.05) is 36.2 Å². The van der Waals surface area contributed by atoms with Gasteiger partial charge in [0, 0.05) is 30.5 Å². The largest absolute Gasteiger partial charge is 0.398 e. The zero-order valence-electron chi connectivity index (χ0n) is 10.7. The normalized spacial score (nSPS) is 10.3. The lowest BCUT2D eigenvalue weighted by molar-refractivity contribution is 0.101. The number of rotatable bonds is 6. The fraction of sp³-hybridized carbons (Fsp3) is 0.462. The van der Waals surface area contributed by atoms with Crippen molar-refractivity contribution < 1.29 is 4.79 Å². The fourth-order valence-electron chi connectivity index (χ4n) is 1.68. The van der Waals surface area contributed by atoms with Crippen molar-refractivity contribution in [1.29, 1.82) is 0 Å². The molecule has 1 aromatic rings. The summed E-state index contributed by atoms with van der Waals surface area (Å²) >= 11 is 1.85. The number of hydrogen-bond acceptors (Lipinski definition) is 4. The Hall–Kier alpha value is -1.16. The maximum absolute atomic E-state index is 11.3. The van der Waals surface area contributed by atoms with Crippen molar-refractivity contribution in [3.05, 3.63) is 23.8 Å². The number of nitrogens with zero attached hydrogens (tertiary/aromatic N) is 1. The molecule has 0 aromatic heterocycles. The molecule has 0 spiro atoms. The number of ketones is 1. The standard InChI is InChI=1S/C13H20N2OS/c1-10(16)12-6-5-11(9-13(12)14)15(2)7-4-8-17-3/h5-6,9H,4,7-8,14H2,1-3H3. The lowest BCUT2D eigenvalue weighted by Crippen LogP contribution is -2.19. The zero-order chi connectivity index (χ0) is 12.8. The predicted molar refractivity (Wildman–Crippen MR) is 77.1 cm³/mol. The highest BCUT2D eigenvalue weighted by Gasteiger charge is 2.07. The first kappa shape index (κ1) is 13.9. The summed E-state index contributed by atoms with van der Waals surface area (Å²) in [4.78, 5) is 13.4. The maximum Gasteiger partial charge on any atom is 0.161 e. The van der Waals surface area contributed by atoms with Crippen LogP contribution in [0.5, 0.6) is 0 Å². The monoisotopic (exact) mass is 252 g/mol. The minimum atomic E-state index is 0.0130. The van der Waals surface area contributed by atoms with Crippen molar-refractivity contribution in [3.63, 3.8) is 0 Å². The summed E-state index contributed by atoms with van der Waals surface area (Å²) in [6, 6.07) is 5.63. The molecule has 3 nitrogen and oxygen atoms in total. The number of thioether (sulfide) groups is 1. The van der Waals surface area contributed by atoms with Gasteiger partial charge in [0.1, 0.15) is 0 Å². The Bertz CT molecular complexity index is 393. The quantitative estimate of drug-likeness (QED) is 0.480. The number of hydrogen-bond donors (Lipinski definition) is 1. The van der Waals surface area contributed by atoms with Gasteiger partial charge < -0.3 is 10.6 Å². The number of carbonyl (C=O) groups excluding carboxylic acids is 1. The van der Waals surface area contributed by atoms with E-state index in [0.717, 1.165) is 24.4 Å². The molecule has 0 heterocycles. The molecule has 4 heteroatoms. The Morgan fingerprint density at radius 2 is 2.18 bits per heavy atom. The molecule has 0 saturated carbocycles. The van der Waals surface area contributed by atoms with Gasteiger partial charge in [-0.1, -0.05) is 0 Å². The van der Waals surface area contributed by atoms with E-state index < -0.39 is 0 Å². The third-order valence-corrected chi connectivity index (χ3v) is 3.39. The molecule has 0 bridgehead atoms. The molecular formula is C13H20N2OS. The Balaban J connectivity index is 2.72. The highest BCUT2D eigenvalue weighted by atomic mass is 32.2. The molecule has 0 atom stereocenters. The second-order valence-electron chi connectivity index (χ2n) is 4.10. The average molecular weight is 252 g/mol. The molecule has 0 saturated heterocycles. The number of carbonyl (C=O) groups is 1. The van der Waals surface area contributed by atoms with Gasteiger partial charge in [0.05, 0.1) is 0 Å². The second-order valence-corrected chi connectivity index (χ2v) is 5.08. The molecule has 1 aromatic carbocycles. The van der Waals surface area contributed by atoms with Gasteiger partial charge in [0.25, 0.3) is 0 Å². The summed E-state index contributed by atoms with van der Waals surface area (Å²) in [7, 11) is 2.04. The van der Waals surface area contributed by atoms with Gasteiger partial charge in [-0.25, -0.2) is 0 Å². The number of nitrogens with two attached hydrogens (primary N) is 1. The number of anilines is 2. The molecule has 0 aliphatic heterocycles. The van der Waals surface area contributed by atoms with Gasteiger partial charge in [-0.05, 0) is 43.6 Å². The van der Waals surface area contributed by atoms with E-state index in [4.69, 9.17) is 5.73 Å². The minimum absolute atomic E-state index is 0.0130. The molecule has 0 amide bonds. The molecule has 2 N–H and O–H groups in total. The second kappa shape index (κ2) is 6.55. The first-order chi connectivity index (χ1) is 8.06. The van der Waals surface area contributed by atoms with Crippen LogP contribution in [0.4, 0.5) is 11.4 Å². The lowest BCUT2D eigenvalue weighted by atomic mass is 10.1. The third-order valence-electron chi connectivity index (χ3n) is 2.70. The molecule has 0 unspecified atom stereocenters. The fourth-order valence-corrected chi connectivity index (χ4v) is 2.10. The van der Waals surface area contributed by atoms with Crippen molar-refractivity contribution in [3.8, 4) is 0 Å². The van der Waals surface area contributed by atoms with E-state index in [1.165, 1.54) is 6.92 Å². The van der Waals surface area contributed by atoms with Gasteiger partial charge in [-0.15, -0.1) is 0 Å². The molecule has 0 aliphatic rings. The number of benzene rings is 1. The van der Waals surface area contributed by atoms with Crippen molar-refractivity contribution in [2.24, 2.45) is 0 Å². The lowest BCUT2D eigenvalue weighted by Gasteiger charge is -2.20. The molecule has 94 valence electrons. The van der Waals surface area contributed by atoms with E-state index in [1.807, 2.05) is 30.9 Å². The Morgan fingerprint density at radius 3 is 2.71 bits per heavy atom. The van der Waals surface area contributed by atoms with E-state index in [-0.39, 0.29) is 5.78 Å². The van der Waals surface area contributed by atoms with E-state index in [2.05, 4.69) is 11.2 Å².